The van der Waals surface area contributed by atoms with Gasteiger partial charge in [-0.05, 0) is 23.6 Å². The number of rotatable bonds is 2. The fourth-order valence-corrected chi connectivity index (χ4v) is 2.03. The maximum absolute atomic E-state index is 12.8. The van der Waals surface area contributed by atoms with Gasteiger partial charge in [-0.15, -0.1) is 0 Å². The highest BCUT2D eigenvalue weighted by molar-refractivity contribution is 5.93. The van der Waals surface area contributed by atoms with Crippen LogP contribution in [0.5, 0.6) is 0 Å². The van der Waals surface area contributed by atoms with E-state index in [0.29, 0.717) is 5.69 Å². The third-order valence-corrected chi connectivity index (χ3v) is 2.92. The first-order valence-electron chi connectivity index (χ1n) is 5.77. The Hall–Kier alpha value is -2.18. The zero-order valence-corrected chi connectivity index (χ0v) is 10.2. The minimum atomic E-state index is -2.54. The molecule has 1 aliphatic rings. The summed E-state index contributed by atoms with van der Waals surface area (Å²) in [6, 6.07) is 6.97. The molecule has 102 valence electrons. The molecule has 1 fully saturated rings. The summed E-state index contributed by atoms with van der Waals surface area (Å²) in [6.07, 6.45) is -0.243. The van der Waals surface area contributed by atoms with E-state index in [1.54, 1.807) is 24.3 Å². The van der Waals surface area contributed by atoms with Gasteiger partial charge in [-0.3, -0.25) is 0 Å². The Morgan fingerprint density at radius 3 is 2.47 bits per heavy atom. The summed E-state index contributed by atoms with van der Waals surface area (Å²) in [7, 11) is 0. The number of hydrogen-bond acceptors (Lipinski definition) is 1. The number of benzene rings is 1. The fraction of sp³-hybridized carbons (Fsp3) is 0.333. The molecule has 0 saturated heterocycles. The molecular formula is C12H15F2N5. The molecule has 1 saturated carbocycles. The standard InChI is InChI=1S/C12H15F2N5/c13-12(14)5-8(6-12)7-2-1-3-9(4-7)18-11(17)19-10(15)16/h1-4,8H,5-6H2,(H6,15,16,17,18,19). The number of hydrogen-bond donors (Lipinski definition) is 3. The summed E-state index contributed by atoms with van der Waals surface area (Å²) in [5.74, 6) is -2.93. The van der Waals surface area contributed by atoms with Gasteiger partial charge in [0.2, 0.25) is 11.9 Å². The summed E-state index contributed by atoms with van der Waals surface area (Å²) in [5.41, 5.74) is 17.2. The number of alkyl halides is 2. The highest BCUT2D eigenvalue weighted by atomic mass is 19.3. The summed E-state index contributed by atoms with van der Waals surface area (Å²) < 4.78 is 25.7. The first-order chi connectivity index (χ1) is 8.85. The molecule has 1 aromatic carbocycles. The third kappa shape index (κ3) is 3.40. The molecule has 0 amide bonds. The lowest BCUT2D eigenvalue weighted by molar-refractivity contribution is -0.0867. The highest BCUT2D eigenvalue weighted by Crippen LogP contribution is 2.48. The van der Waals surface area contributed by atoms with Crippen molar-refractivity contribution in [2.45, 2.75) is 24.7 Å². The molecule has 0 radical (unpaired) electrons. The second-order valence-electron chi connectivity index (χ2n) is 4.56. The van der Waals surface area contributed by atoms with Gasteiger partial charge >= 0.3 is 0 Å². The van der Waals surface area contributed by atoms with Gasteiger partial charge in [-0.2, -0.15) is 4.99 Å². The molecule has 0 bridgehead atoms. The van der Waals surface area contributed by atoms with Gasteiger partial charge < -0.3 is 17.2 Å². The number of halogens is 2. The van der Waals surface area contributed by atoms with Gasteiger partial charge in [0.1, 0.15) is 0 Å². The molecule has 1 aromatic rings. The zero-order chi connectivity index (χ0) is 14.0. The summed E-state index contributed by atoms with van der Waals surface area (Å²) in [5, 5.41) is 0. The lowest BCUT2D eigenvalue weighted by Gasteiger charge is -2.35. The molecule has 0 atom stereocenters. The number of nitrogens with zero attached hydrogens (tertiary/aromatic N) is 2. The van der Waals surface area contributed by atoms with Crippen molar-refractivity contribution < 1.29 is 8.78 Å². The largest absolute Gasteiger partial charge is 0.370 e. The van der Waals surface area contributed by atoms with E-state index in [-0.39, 0.29) is 30.7 Å². The Bertz CT molecular complexity index is 527. The van der Waals surface area contributed by atoms with Gasteiger partial charge in [0.25, 0.3) is 0 Å². The smallest absolute Gasteiger partial charge is 0.249 e. The molecule has 5 nitrogen and oxygen atoms in total. The third-order valence-electron chi connectivity index (χ3n) is 2.92. The molecule has 0 aromatic heterocycles. The molecule has 6 N–H and O–H groups in total. The lowest BCUT2D eigenvalue weighted by Crippen LogP contribution is -2.33. The minimum Gasteiger partial charge on any atom is -0.370 e. The van der Waals surface area contributed by atoms with Crippen LogP contribution >= 0.6 is 0 Å². The van der Waals surface area contributed by atoms with Gasteiger partial charge in [0, 0.05) is 12.8 Å². The molecule has 0 unspecified atom stereocenters. The Balaban J connectivity index is 2.14. The second kappa shape index (κ2) is 4.83. The van der Waals surface area contributed by atoms with Crippen LogP contribution in [0.25, 0.3) is 0 Å². The number of aliphatic imine (C=N–C) groups is 2. The van der Waals surface area contributed by atoms with E-state index in [2.05, 4.69) is 9.98 Å². The van der Waals surface area contributed by atoms with Crippen LogP contribution in [0, 0.1) is 0 Å². The Morgan fingerprint density at radius 1 is 1.21 bits per heavy atom. The predicted molar refractivity (Wildman–Crippen MR) is 70.5 cm³/mol. The van der Waals surface area contributed by atoms with Crippen LogP contribution in [0.15, 0.2) is 34.3 Å². The van der Waals surface area contributed by atoms with Crippen molar-refractivity contribution >= 4 is 17.6 Å². The van der Waals surface area contributed by atoms with E-state index < -0.39 is 5.92 Å². The molecule has 7 heteroatoms. The molecule has 0 heterocycles. The van der Waals surface area contributed by atoms with E-state index in [1.165, 1.54) is 0 Å². The molecule has 19 heavy (non-hydrogen) atoms. The Kier molecular flexibility index (Phi) is 3.37. The van der Waals surface area contributed by atoms with Crippen LogP contribution in [-0.2, 0) is 0 Å². The molecular weight excluding hydrogens is 252 g/mol. The maximum Gasteiger partial charge on any atom is 0.249 e. The van der Waals surface area contributed by atoms with Crippen LogP contribution in [0.3, 0.4) is 0 Å². The zero-order valence-electron chi connectivity index (χ0n) is 10.2. The quantitative estimate of drug-likeness (QED) is 0.557. The van der Waals surface area contributed by atoms with Gasteiger partial charge in [-0.1, -0.05) is 12.1 Å². The van der Waals surface area contributed by atoms with Crippen molar-refractivity contribution in [1.29, 1.82) is 0 Å². The Labute approximate surface area is 109 Å². The second-order valence-corrected chi connectivity index (χ2v) is 4.56. The molecule has 1 aliphatic carbocycles. The van der Waals surface area contributed by atoms with Crippen molar-refractivity contribution in [3.05, 3.63) is 29.8 Å². The summed E-state index contributed by atoms with van der Waals surface area (Å²) >= 11 is 0. The fourth-order valence-electron chi connectivity index (χ4n) is 2.03. The Morgan fingerprint density at radius 2 is 1.89 bits per heavy atom. The van der Waals surface area contributed by atoms with E-state index in [0.717, 1.165) is 5.56 Å². The van der Waals surface area contributed by atoms with Crippen molar-refractivity contribution in [2.24, 2.45) is 27.2 Å². The van der Waals surface area contributed by atoms with Gasteiger partial charge in [0.15, 0.2) is 5.96 Å². The first kappa shape index (κ1) is 13.3. The topological polar surface area (TPSA) is 103 Å². The minimum absolute atomic E-state index is 0.0731. The van der Waals surface area contributed by atoms with E-state index >= 15 is 0 Å². The van der Waals surface area contributed by atoms with Crippen LogP contribution in [0.1, 0.15) is 24.3 Å². The van der Waals surface area contributed by atoms with Gasteiger partial charge in [-0.25, -0.2) is 13.8 Å². The summed E-state index contributed by atoms with van der Waals surface area (Å²) in [4.78, 5) is 7.58. The monoisotopic (exact) mass is 267 g/mol. The van der Waals surface area contributed by atoms with Crippen LogP contribution < -0.4 is 17.2 Å². The van der Waals surface area contributed by atoms with Crippen LogP contribution in [0.4, 0.5) is 14.5 Å². The van der Waals surface area contributed by atoms with Crippen molar-refractivity contribution in [3.8, 4) is 0 Å². The highest BCUT2D eigenvalue weighted by Gasteiger charge is 2.45. The number of nitrogens with two attached hydrogens (primary N) is 3. The number of guanidine groups is 2. The first-order valence-corrected chi connectivity index (χ1v) is 5.77. The molecule has 0 aliphatic heterocycles. The van der Waals surface area contributed by atoms with Crippen molar-refractivity contribution in [3.63, 3.8) is 0 Å². The van der Waals surface area contributed by atoms with E-state index in [9.17, 15) is 8.78 Å². The average Bonchev–Trinajstić information content (AvgIpc) is 2.24. The summed E-state index contributed by atoms with van der Waals surface area (Å²) in [6.45, 7) is 0. The predicted octanol–water partition coefficient (Wildman–Crippen LogP) is 1.42. The lowest BCUT2D eigenvalue weighted by atomic mass is 9.77. The molecule has 2 rings (SSSR count). The molecule has 0 spiro atoms. The van der Waals surface area contributed by atoms with Gasteiger partial charge in [0.05, 0.1) is 5.69 Å². The van der Waals surface area contributed by atoms with E-state index in [4.69, 9.17) is 17.2 Å². The van der Waals surface area contributed by atoms with Crippen LogP contribution in [0.2, 0.25) is 0 Å². The average molecular weight is 267 g/mol. The SMILES string of the molecule is NC(N)=NC(N)=Nc1cccc(C2CC(F)(F)C2)c1. The normalized spacial score (nSPS) is 18.7. The van der Waals surface area contributed by atoms with E-state index in [1.807, 2.05) is 0 Å². The maximum atomic E-state index is 12.8. The van der Waals surface area contributed by atoms with Crippen molar-refractivity contribution in [1.82, 2.24) is 0 Å². The van der Waals surface area contributed by atoms with Crippen LogP contribution in [-0.4, -0.2) is 17.8 Å². The van der Waals surface area contributed by atoms with Crippen molar-refractivity contribution in [2.75, 3.05) is 0 Å².